The number of nitrogens with zero attached hydrogens (tertiary/aromatic N) is 2. The standard InChI is InChI=1S/C21H36N4O/c1-5-22-21(24-15-20-11-8-12-25(20)6-2)23-14-18-9-7-10-19(13-18)16-26-17(3)4/h7,9-10,13,17,20H,5-6,8,11-12,14-16H2,1-4H3,(H2,22,23,24). The Morgan fingerprint density at radius 3 is 2.81 bits per heavy atom. The number of rotatable bonds is 9. The third-order valence-corrected chi connectivity index (χ3v) is 4.75. The van der Waals surface area contributed by atoms with Crippen molar-refractivity contribution in [3.63, 3.8) is 0 Å². The minimum atomic E-state index is 0.250. The highest BCUT2D eigenvalue weighted by Gasteiger charge is 2.22. The predicted molar refractivity (Wildman–Crippen MR) is 109 cm³/mol. The maximum Gasteiger partial charge on any atom is 0.191 e. The average molecular weight is 361 g/mol. The Labute approximate surface area is 159 Å². The highest BCUT2D eigenvalue weighted by molar-refractivity contribution is 5.79. The van der Waals surface area contributed by atoms with Gasteiger partial charge in [0.1, 0.15) is 0 Å². The summed E-state index contributed by atoms with van der Waals surface area (Å²) in [5, 5.41) is 6.88. The van der Waals surface area contributed by atoms with Crippen LogP contribution in [-0.4, -0.2) is 49.2 Å². The fourth-order valence-corrected chi connectivity index (χ4v) is 3.35. The van der Waals surface area contributed by atoms with Gasteiger partial charge in [-0.2, -0.15) is 0 Å². The van der Waals surface area contributed by atoms with Crippen molar-refractivity contribution in [2.45, 2.75) is 65.8 Å². The number of aliphatic imine (C=N–C) groups is 1. The van der Waals surface area contributed by atoms with Crippen LogP contribution < -0.4 is 10.6 Å². The number of ether oxygens (including phenoxy) is 1. The van der Waals surface area contributed by atoms with Crippen molar-refractivity contribution in [1.29, 1.82) is 0 Å². The number of hydrogen-bond donors (Lipinski definition) is 2. The van der Waals surface area contributed by atoms with Gasteiger partial charge in [-0.3, -0.25) is 4.90 Å². The van der Waals surface area contributed by atoms with Crippen molar-refractivity contribution >= 4 is 5.96 Å². The Bertz CT molecular complexity index is 559. The fraction of sp³-hybridized carbons (Fsp3) is 0.667. The van der Waals surface area contributed by atoms with E-state index in [0.717, 1.165) is 25.6 Å². The lowest BCUT2D eigenvalue weighted by Crippen LogP contribution is -2.44. The van der Waals surface area contributed by atoms with Crippen LogP contribution in [0.5, 0.6) is 0 Å². The maximum absolute atomic E-state index is 5.70. The topological polar surface area (TPSA) is 48.9 Å². The molecule has 1 atom stereocenters. The maximum atomic E-state index is 5.70. The molecule has 1 aromatic carbocycles. The summed E-state index contributed by atoms with van der Waals surface area (Å²) in [5.74, 6) is 0.902. The fourth-order valence-electron chi connectivity index (χ4n) is 3.35. The number of benzene rings is 1. The molecule has 0 aliphatic carbocycles. The normalized spacial score (nSPS) is 18.5. The second-order valence-corrected chi connectivity index (χ2v) is 7.18. The van der Waals surface area contributed by atoms with E-state index in [1.807, 2.05) is 0 Å². The highest BCUT2D eigenvalue weighted by atomic mass is 16.5. The lowest BCUT2D eigenvalue weighted by Gasteiger charge is -2.24. The second kappa shape index (κ2) is 11.2. The first-order valence-electron chi connectivity index (χ1n) is 10.1. The summed E-state index contributed by atoms with van der Waals surface area (Å²) in [6.07, 6.45) is 2.83. The van der Waals surface area contributed by atoms with Crippen molar-refractivity contribution in [3.05, 3.63) is 35.4 Å². The van der Waals surface area contributed by atoms with Crippen LogP contribution in [0, 0.1) is 0 Å². The molecule has 1 aliphatic rings. The van der Waals surface area contributed by atoms with E-state index in [1.165, 1.54) is 30.5 Å². The zero-order valence-electron chi connectivity index (χ0n) is 16.9. The largest absolute Gasteiger partial charge is 0.374 e. The van der Waals surface area contributed by atoms with E-state index in [0.29, 0.717) is 19.2 Å². The molecule has 1 heterocycles. The van der Waals surface area contributed by atoms with Crippen LogP contribution in [0.1, 0.15) is 51.7 Å². The summed E-state index contributed by atoms with van der Waals surface area (Å²) < 4.78 is 5.70. The molecule has 1 saturated heterocycles. The zero-order chi connectivity index (χ0) is 18.8. The van der Waals surface area contributed by atoms with Crippen LogP contribution in [0.15, 0.2) is 29.3 Å². The SMILES string of the molecule is CCNC(=NCc1cccc(COC(C)C)c1)NCC1CCCN1CC. The van der Waals surface area contributed by atoms with Gasteiger partial charge in [0.25, 0.3) is 0 Å². The highest BCUT2D eigenvalue weighted by Crippen LogP contribution is 2.15. The monoisotopic (exact) mass is 360 g/mol. The third kappa shape index (κ3) is 6.96. The van der Waals surface area contributed by atoms with E-state index in [2.05, 4.69) is 67.5 Å². The first kappa shape index (κ1) is 20.7. The van der Waals surface area contributed by atoms with Crippen molar-refractivity contribution in [2.24, 2.45) is 4.99 Å². The zero-order valence-corrected chi connectivity index (χ0v) is 16.9. The predicted octanol–water partition coefficient (Wildman–Crippen LogP) is 3.15. The number of likely N-dealkylation sites (tertiary alicyclic amines) is 1. The molecule has 0 spiro atoms. The molecule has 0 radical (unpaired) electrons. The van der Waals surface area contributed by atoms with Gasteiger partial charge in [0.15, 0.2) is 5.96 Å². The first-order valence-corrected chi connectivity index (χ1v) is 10.1. The summed E-state index contributed by atoms with van der Waals surface area (Å²) in [4.78, 5) is 7.32. The summed E-state index contributed by atoms with van der Waals surface area (Å²) in [5.41, 5.74) is 2.41. The molecule has 26 heavy (non-hydrogen) atoms. The van der Waals surface area contributed by atoms with Gasteiger partial charge in [0, 0.05) is 19.1 Å². The number of likely N-dealkylation sites (N-methyl/N-ethyl adjacent to an activating group) is 1. The van der Waals surface area contributed by atoms with Crippen LogP contribution >= 0.6 is 0 Å². The van der Waals surface area contributed by atoms with Crippen molar-refractivity contribution in [3.8, 4) is 0 Å². The molecule has 1 aliphatic heterocycles. The minimum absolute atomic E-state index is 0.250. The molecule has 0 amide bonds. The van der Waals surface area contributed by atoms with Crippen molar-refractivity contribution in [1.82, 2.24) is 15.5 Å². The van der Waals surface area contributed by atoms with Crippen LogP contribution in [0.3, 0.4) is 0 Å². The van der Waals surface area contributed by atoms with Gasteiger partial charge in [-0.1, -0.05) is 31.2 Å². The Hall–Kier alpha value is -1.59. The van der Waals surface area contributed by atoms with E-state index in [4.69, 9.17) is 9.73 Å². The van der Waals surface area contributed by atoms with Crippen LogP contribution in [0.2, 0.25) is 0 Å². The molecule has 0 aromatic heterocycles. The summed E-state index contributed by atoms with van der Waals surface area (Å²) in [7, 11) is 0. The van der Waals surface area contributed by atoms with Gasteiger partial charge in [-0.25, -0.2) is 4.99 Å². The van der Waals surface area contributed by atoms with Crippen molar-refractivity contribution < 1.29 is 4.74 Å². The summed E-state index contributed by atoms with van der Waals surface area (Å²) >= 11 is 0. The number of nitrogens with one attached hydrogen (secondary N) is 2. The Morgan fingerprint density at radius 1 is 1.27 bits per heavy atom. The lowest BCUT2D eigenvalue weighted by atomic mass is 10.1. The molecule has 0 saturated carbocycles. The van der Waals surface area contributed by atoms with Gasteiger partial charge in [-0.15, -0.1) is 0 Å². The molecule has 2 rings (SSSR count). The van der Waals surface area contributed by atoms with E-state index in [-0.39, 0.29) is 6.10 Å². The van der Waals surface area contributed by atoms with Crippen LogP contribution in [0.4, 0.5) is 0 Å². The molecular formula is C21H36N4O. The minimum Gasteiger partial charge on any atom is -0.374 e. The molecule has 1 fully saturated rings. The van der Waals surface area contributed by atoms with E-state index < -0.39 is 0 Å². The Kier molecular flexibility index (Phi) is 8.92. The van der Waals surface area contributed by atoms with E-state index >= 15 is 0 Å². The average Bonchev–Trinajstić information content (AvgIpc) is 3.10. The van der Waals surface area contributed by atoms with Gasteiger partial charge in [0.05, 0.1) is 19.3 Å². The molecule has 146 valence electrons. The first-order chi connectivity index (χ1) is 12.6. The van der Waals surface area contributed by atoms with Crippen LogP contribution in [-0.2, 0) is 17.9 Å². The Morgan fingerprint density at radius 2 is 2.08 bits per heavy atom. The van der Waals surface area contributed by atoms with Gasteiger partial charge >= 0.3 is 0 Å². The molecule has 5 nitrogen and oxygen atoms in total. The molecule has 0 bridgehead atoms. The van der Waals surface area contributed by atoms with Gasteiger partial charge < -0.3 is 15.4 Å². The molecular weight excluding hydrogens is 324 g/mol. The number of guanidine groups is 1. The molecule has 5 heteroatoms. The molecule has 2 N–H and O–H groups in total. The lowest BCUT2D eigenvalue weighted by molar-refractivity contribution is 0.0657. The van der Waals surface area contributed by atoms with E-state index in [1.54, 1.807) is 0 Å². The third-order valence-electron chi connectivity index (χ3n) is 4.75. The number of hydrogen-bond acceptors (Lipinski definition) is 3. The quantitative estimate of drug-likeness (QED) is 0.525. The summed E-state index contributed by atoms with van der Waals surface area (Å²) in [6.45, 7) is 14.0. The van der Waals surface area contributed by atoms with Crippen molar-refractivity contribution in [2.75, 3.05) is 26.2 Å². The molecule has 1 aromatic rings. The van der Waals surface area contributed by atoms with E-state index in [9.17, 15) is 0 Å². The van der Waals surface area contributed by atoms with Gasteiger partial charge in [-0.05, 0) is 57.8 Å². The van der Waals surface area contributed by atoms with Crippen LogP contribution in [0.25, 0.3) is 0 Å². The smallest absolute Gasteiger partial charge is 0.191 e. The molecule has 1 unspecified atom stereocenters. The van der Waals surface area contributed by atoms with Gasteiger partial charge in [0.2, 0.25) is 0 Å². The second-order valence-electron chi connectivity index (χ2n) is 7.18. The summed E-state index contributed by atoms with van der Waals surface area (Å²) in [6, 6.07) is 9.13. The Balaban J connectivity index is 1.90.